The molecule has 1 aliphatic carbocycles. The van der Waals surface area contributed by atoms with Crippen molar-refractivity contribution in [2.45, 2.75) is 56.6 Å². The summed E-state index contributed by atoms with van der Waals surface area (Å²) in [4.78, 5) is 11.9. The van der Waals surface area contributed by atoms with Crippen molar-refractivity contribution in [1.82, 2.24) is 5.32 Å². The molecule has 1 N–H and O–H groups in total. The summed E-state index contributed by atoms with van der Waals surface area (Å²) in [5, 5.41) is 3.39. The van der Waals surface area contributed by atoms with Crippen LogP contribution in [-0.4, -0.2) is 30.0 Å². The molecule has 2 fully saturated rings. The number of rotatable bonds is 2. The third-order valence-corrected chi connectivity index (χ3v) is 4.09. The van der Waals surface area contributed by atoms with Crippen molar-refractivity contribution in [1.29, 1.82) is 0 Å². The van der Waals surface area contributed by atoms with Gasteiger partial charge in [-0.25, -0.2) is 0 Å². The summed E-state index contributed by atoms with van der Waals surface area (Å²) < 4.78 is 5.45. The van der Waals surface area contributed by atoms with Gasteiger partial charge in [0.25, 0.3) is 0 Å². The van der Waals surface area contributed by atoms with Crippen LogP contribution in [0.1, 0.15) is 39.0 Å². The van der Waals surface area contributed by atoms with Crippen molar-refractivity contribution in [2.75, 3.05) is 6.61 Å². The number of carbonyl (C=O) groups is 1. The zero-order valence-corrected chi connectivity index (χ0v) is 10.5. The highest BCUT2D eigenvalue weighted by molar-refractivity contribution is 6.20. The molecule has 1 amide bonds. The molecular weight excluding hydrogens is 226 g/mol. The molecule has 1 saturated carbocycles. The van der Waals surface area contributed by atoms with Crippen LogP contribution in [0.25, 0.3) is 0 Å². The highest BCUT2D eigenvalue weighted by Crippen LogP contribution is 2.24. The van der Waals surface area contributed by atoms with E-state index < -0.39 is 0 Å². The number of amides is 1. The molecule has 0 aromatic carbocycles. The lowest BCUT2D eigenvalue weighted by Gasteiger charge is -2.27. The number of halogens is 1. The van der Waals surface area contributed by atoms with Gasteiger partial charge in [-0.3, -0.25) is 4.79 Å². The Morgan fingerprint density at radius 2 is 1.94 bits per heavy atom. The van der Waals surface area contributed by atoms with Crippen LogP contribution in [0.4, 0.5) is 0 Å². The van der Waals surface area contributed by atoms with Gasteiger partial charge in [0.1, 0.15) is 6.10 Å². The van der Waals surface area contributed by atoms with E-state index in [4.69, 9.17) is 16.3 Å². The van der Waals surface area contributed by atoms with Crippen molar-refractivity contribution in [3.05, 3.63) is 0 Å². The molecule has 4 heteroatoms. The Kier molecular flexibility index (Phi) is 4.09. The number of carbonyl (C=O) groups excluding carboxylic acids is 1. The summed E-state index contributed by atoms with van der Waals surface area (Å²) in [6, 6.07) is 0.305. The zero-order valence-electron chi connectivity index (χ0n) is 9.75. The Morgan fingerprint density at radius 1 is 1.25 bits per heavy atom. The first-order chi connectivity index (χ1) is 7.66. The molecule has 2 aliphatic rings. The van der Waals surface area contributed by atoms with E-state index in [0.29, 0.717) is 23.9 Å². The Labute approximate surface area is 102 Å². The number of alkyl halides is 1. The normalized spacial score (nSPS) is 39.6. The first-order valence-electron chi connectivity index (χ1n) is 6.23. The molecule has 92 valence electrons. The first-order valence-corrected chi connectivity index (χ1v) is 6.66. The third-order valence-electron chi connectivity index (χ3n) is 3.65. The van der Waals surface area contributed by atoms with Crippen molar-refractivity contribution >= 4 is 17.5 Å². The summed E-state index contributed by atoms with van der Waals surface area (Å²) in [5.74, 6) is 0.424. The highest BCUT2D eigenvalue weighted by Gasteiger charge is 2.32. The minimum atomic E-state index is -0.228. The van der Waals surface area contributed by atoms with Crippen molar-refractivity contribution in [3.8, 4) is 0 Å². The minimum Gasteiger partial charge on any atom is -0.368 e. The molecule has 2 unspecified atom stereocenters. The summed E-state index contributed by atoms with van der Waals surface area (Å²) in [6.45, 7) is 2.79. The van der Waals surface area contributed by atoms with E-state index in [2.05, 4.69) is 12.2 Å². The summed E-state index contributed by atoms with van der Waals surface area (Å²) >= 11 is 6.03. The van der Waals surface area contributed by atoms with E-state index in [1.165, 1.54) is 0 Å². The number of nitrogens with one attached hydrogen (secondary N) is 1. The van der Waals surface area contributed by atoms with Crippen molar-refractivity contribution in [2.24, 2.45) is 5.92 Å². The Morgan fingerprint density at radius 3 is 2.50 bits per heavy atom. The number of hydrogen-bond donors (Lipinski definition) is 1. The summed E-state index contributed by atoms with van der Waals surface area (Å²) in [5.41, 5.74) is 0. The molecule has 1 saturated heterocycles. The van der Waals surface area contributed by atoms with Crippen molar-refractivity contribution < 1.29 is 9.53 Å². The Bertz CT molecular complexity index is 251. The molecule has 0 radical (unpaired) electrons. The molecule has 16 heavy (non-hydrogen) atoms. The molecule has 2 rings (SSSR count). The van der Waals surface area contributed by atoms with Gasteiger partial charge in [0.2, 0.25) is 5.91 Å². The fourth-order valence-corrected chi connectivity index (χ4v) is 2.76. The van der Waals surface area contributed by atoms with Crippen LogP contribution in [0.5, 0.6) is 0 Å². The molecule has 1 aliphatic heterocycles. The van der Waals surface area contributed by atoms with Crippen LogP contribution in [0.3, 0.4) is 0 Å². The maximum absolute atomic E-state index is 11.9. The predicted molar refractivity (Wildman–Crippen MR) is 63.6 cm³/mol. The SMILES string of the molecule is CC1CCOC1C(=O)NC1CCC(Cl)CC1. The maximum Gasteiger partial charge on any atom is 0.249 e. The van der Waals surface area contributed by atoms with Gasteiger partial charge in [-0.15, -0.1) is 11.6 Å². The van der Waals surface area contributed by atoms with E-state index in [1.807, 2.05) is 0 Å². The fourth-order valence-electron chi connectivity index (χ4n) is 2.51. The van der Waals surface area contributed by atoms with Crippen LogP contribution < -0.4 is 5.32 Å². The molecule has 2 atom stereocenters. The second-order valence-electron chi connectivity index (χ2n) is 5.01. The highest BCUT2D eigenvalue weighted by atomic mass is 35.5. The van der Waals surface area contributed by atoms with Crippen LogP contribution in [-0.2, 0) is 9.53 Å². The molecule has 0 aromatic heterocycles. The summed E-state index contributed by atoms with van der Waals surface area (Å²) in [6.07, 6.45) is 4.78. The van der Waals surface area contributed by atoms with E-state index in [9.17, 15) is 4.79 Å². The van der Waals surface area contributed by atoms with Gasteiger partial charge in [-0.1, -0.05) is 6.92 Å². The van der Waals surface area contributed by atoms with Crippen LogP contribution >= 0.6 is 11.6 Å². The molecule has 3 nitrogen and oxygen atoms in total. The number of hydrogen-bond acceptors (Lipinski definition) is 2. The second-order valence-corrected chi connectivity index (χ2v) is 5.63. The Hall–Kier alpha value is -0.280. The molecular formula is C12H20ClNO2. The monoisotopic (exact) mass is 245 g/mol. The van der Waals surface area contributed by atoms with Crippen LogP contribution in [0, 0.1) is 5.92 Å². The fraction of sp³-hybridized carbons (Fsp3) is 0.917. The topological polar surface area (TPSA) is 38.3 Å². The van der Waals surface area contributed by atoms with E-state index >= 15 is 0 Å². The minimum absolute atomic E-state index is 0.0722. The zero-order chi connectivity index (χ0) is 11.5. The van der Waals surface area contributed by atoms with E-state index in [-0.39, 0.29) is 12.0 Å². The van der Waals surface area contributed by atoms with Gasteiger partial charge in [0, 0.05) is 18.0 Å². The average Bonchev–Trinajstić information content (AvgIpc) is 2.68. The lowest BCUT2D eigenvalue weighted by molar-refractivity contribution is -0.132. The van der Waals surface area contributed by atoms with Gasteiger partial charge >= 0.3 is 0 Å². The molecule has 0 aromatic rings. The standard InChI is InChI=1S/C12H20ClNO2/c1-8-6-7-16-11(8)12(15)14-10-4-2-9(13)3-5-10/h8-11H,2-7H2,1H3,(H,14,15). The smallest absolute Gasteiger partial charge is 0.249 e. The first kappa shape index (κ1) is 12.2. The van der Waals surface area contributed by atoms with Gasteiger partial charge in [0.15, 0.2) is 0 Å². The van der Waals surface area contributed by atoms with Crippen LogP contribution in [0.15, 0.2) is 0 Å². The van der Waals surface area contributed by atoms with E-state index in [1.54, 1.807) is 0 Å². The lowest BCUT2D eigenvalue weighted by Crippen LogP contribution is -2.44. The molecule has 1 heterocycles. The summed E-state index contributed by atoms with van der Waals surface area (Å²) in [7, 11) is 0. The Balaban J connectivity index is 1.78. The predicted octanol–water partition coefficient (Wildman–Crippen LogP) is 2.08. The third kappa shape index (κ3) is 2.89. The van der Waals surface area contributed by atoms with Gasteiger partial charge < -0.3 is 10.1 Å². The quantitative estimate of drug-likeness (QED) is 0.757. The van der Waals surface area contributed by atoms with Gasteiger partial charge in [0.05, 0.1) is 0 Å². The average molecular weight is 246 g/mol. The van der Waals surface area contributed by atoms with Crippen LogP contribution in [0.2, 0.25) is 0 Å². The second kappa shape index (κ2) is 5.37. The van der Waals surface area contributed by atoms with Gasteiger partial charge in [-0.2, -0.15) is 0 Å². The maximum atomic E-state index is 11.9. The van der Waals surface area contributed by atoms with E-state index in [0.717, 1.165) is 32.1 Å². The van der Waals surface area contributed by atoms with Crippen molar-refractivity contribution in [3.63, 3.8) is 0 Å². The largest absolute Gasteiger partial charge is 0.368 e. The lowest BCUT2D eigenvalue weighted by atomic mass is 9.94. The number of ether oxygens (including phenoxy) is 1. The molecule has 0 bridgehead atoms. The molecule has 0 spiro atoms. The van der Waals surface area contributed by atoms with Gasteiger partial charge in [-0.05, 0) is 38.0 Å².